The predicted octanol–water partition coefficient (Wildman–Crippen LogP) is 6.22. The van der Waals surface area contributed by atoms with Gasteiger partial charge in [0.15, 0.2) is 0 Å². The Kier molecular flexibility index (Phi) is 4.11. The lowest BCUT2D eigenvalue weighted by Crippen LogP contribution is -2.32. The molecule has 4 rings (SSSR count). The molecule has 0 saturated heterocycles. The van der Waals surface area contributed by atoms with Crippen molar-refractivity contribution in [1.29, 1.82) is 0 Å². The number of hydrogen-bond donors (Lipinski definition) is 0. The molecule has 25 heavy (non-hydrogen) atoms. The van der Waals surface area contributed by atoms with Crippen LogP contribution >= 0.6 is 0 Å². The largest absolute Gasteiger partial charge is 0.0804 e. The molecule has 0 heterocycles. The van der Waals surface area contributed by atoms with Crippen LogP contribution in [0.25, 0.3) is 0 Å². The van der Waals surface area contributed by atoms with Gasteiger partial charge in [0.05, 0.1) is 5.41 Å². The van der Waals surface area contributed by atoms with Gasteiger partial charge in [-0.05, 0) is 41.2 Å². The van der Waals surface area contributed by atoms with Crippen LogP contribution in [0, 0.1) is 6.92 Å². The molecule has 0 unspecified atom stereocenters. The van der Waals surface area contributed by atoms with Crippen LogP contribution in [0.4, 0.5) is 0 Å². The first-order valence-corrected chi connectivity index (χ1v) is 8.87. The summed E-state index contributed by atoms with van der Waals surface area (Å²) >= 11 is 0. The molecule has 1 aliphatic carbocycles. The van der Waals surface area contributed by atoms with Gasteiger partial charge in [-0.25, -0.2) is 0 Å². The molecule has 3 aromatic rings. The van der Waals surface area contributed by atoms with Gasteiger partial charge in [0.1, 0.15) is 0 Å². The number of rotatable bonds is 4. The Hall–Kier alpha value is -2.86. The number of allylic oxidation sites excluding steroid dienone is 4. The van der Waals surface area contributed by atoms with Gasteiger partial charge < -0.3 is 0 Å². The Bertz CT molecular complexity index is 875. The minimum atomic E-state index is -0.253. The Morgan fingerprint density at radius 3 is 1.76 bits per heavy atom. The van der Waals surface area contributed by atoms with Gasteiger partial charge in [-0.15, -0.1) is 0 Å². The molecule has 0 radical (unpaired) electrons. The van der Waals surface area contributed by atoms with Crippen LogP contribution in [-0.4, -0.2) is 0 Å². The first kappa shape index (κ1) is 15.7. The number of benzene rings is 3. The first-order valence-electron chi connectivity index (χ1n) is 8.87. The van der Waals surface area contributed by atoms with E-state index in [0.29, 0.717) is 0 Å². The Balaban J connectivity index is 2.11. The van der Waals surface area contributed by atoms with E-state index in [0.717, 1.165) is 6.42 Å². The summed E-state index contributed by atoms with van der Waals surface area (Å²) in [5, 5.41) is 0. The first-order chi connectivity index (χ1) is 12.3. The van der Waals surface area contributed by atoms with Crippen molar-refractivity contribution < 1.29 is 0 Å². The molecular formula is C25H22. The van der Waals surface area contributed by atoms with Crippen molar-refractivity contribution in [3.05, 3.63) is 131 Å². The molecule has 3 aromatic carbocycles. The van der Waals surface area contributed by atoms with E-state index in [4.69, 9.17) is 0 Å². The highest BCUT2D eigenvalue weighted by atomic mass is 14.4. The SMILES string of the molecule is Cc1ccccc1C(C1=CC=CC1)(c1ccccc1)c1ccccc1. The van der Waals surface area contributed by atoms with Gasteiger partial charge >= 0.3 is 0 Å². The standard InChI is InChI=1S/C25H22/c1-20-12-8-11-19-24(20)25(23-17-9-10-18-23,21-13-4-2-5-14-21)22-15-6-3-7-16-22/h2-17,19H,18H2,1H3. The van der Waals surface area contributed by atoms with E-state index < -0.39 is 0 Å². The highest BCUT2D eigenvalue weighted by molar-refractivity contribution is 5.62. The molecule has 122 valence electrons. The van der Waals surface area contributed by atoms with Gasteiger partial charge in [-0.3, -0.25) is 0 Å². The summed E-state index contributed by atoms with van der Waals surface area (Å²) in [6.07, 6.45) is 7.73. The third kappa shape index (κ3) is 2.55. The lowest BCUT2D eigenvalue weighted by Gasteiger charge is -2.38. The van der Waals surface area contributed by atoms with Crippen LogP contribution < -0.4 is 0 Å². The van der Waals surface area contributed by atoms with Gasteiger partial charge in [0.25, 0.3) is 0 Å². The zero-order valence-corrected chi connectivity index (χ0v) is 14.5. The Labute approximate surface area is 150 Å². The van der Waals surface area contributed by atoms with Crippen molar-refractivity contribution in [2.75, 3.05) is 0 Å². The van der Waals surface area contributed by atoms with Crippen molar-refractivity contribution in [1.82, 2.24) is 0 Å². The van der Waals surface area contributed by atoms with E-state index in [1.54, 1.807) is 0 Å². The van der Waals surface area contributed by atoms with Crippen LogP contribution in [0.3, 0.4) is 0 Å². The van der Waals surface area contributed by atoms with Crippen LogP contribution in [0.5, 0.6) is 0 Å². The molecule has 0 heteroatoms. The van der Waals surface area contributed by atoms with Crippen LogP contribution in [0.2, 0.25) is 0 Å². The molecule has 0 nitrogen and oxygen atoms in total. The van der Waals surface area contributed by atoms with Crippen molar-refractivity contribution in [2.45, 2.75) is 18.8 Å². The fraction of sp³-hybridized carbons (Fsp3) is 0.120. The quantitative estimate of drug-likeness (QED) is 0.500. The normalized spacial score (nSPS) is 13.7. The minimum absolute atomic E-state index is 0.253. The monoisotopic (exact) mass is 322 g/mol. The average molecular weight is 322 g/mol. The topological polar surface area (TPSA) is 0 Å². The molecule has 0 amide bonds. The zero-order valence-electron chi connectivity index (χ0n) is 14.5. The second kappa shape index (κ2) is 6.57. The molecular weight excluding hydrogens is 300 g/mol. The second-order valence-corrected chi connectivity index (χ2v) is 6.62. The highest BCUT2D eigenvalue weighted by Gasteiger charge is 2.40. The maximum Gasteiger partial charge on any atom is 0.0670 e. The molecule has 0 bridgehead atoms. The molecule has 0 atom stereocenters. The van der Waals surface area contributed by atoms with Crippen molar-refractivity contribution in [2.24, 2.45) is 0 Å². The van der Waals surface area contributed by atoms with Gasteiger partial charge in [-0.2, -0.15) is 0 Å². The fourth-order valence-electron chi connectivity index (χ4n) is 4.12. The lowest BCUT2D eigenvalue weighted by molar-refractivity contribution is 0.705. The Morgan fingerprint density at radius 1 is 0.680 bits per heavy atom. The van der Waals surface area contributed by atoms with E-state index in [2.05, 4.69) is 110 Å². The number of aryl methyl sites for hydroxylation is 1. The second-order valence-electron chi connectivity index (χ2n) is 6.62. The van der Waals surface area contributed by atoms with E-state index in [1.807, 2.05) is 0 Å². The zero-order chi connectivity index (χ0) is 17.1. The average Bonchev–Trinajstić information content (AvgIpc) is 3.21. The summed E-state index contributed by atoms with van der Waals surface area (Å²) in [5.41, 5.74) is 6.51. The number of hydrogen-bond acceptors (Lipinski definition) is 0. The summed E-state index contributed by atoms with van der Waals surface area (Å²) in [7, 11) is 0. The molecule has 0 N–H and O–H groups in total. The minimum Gasteiger partial charge on any atom is -0.0804 e. The third-order valence-corrected chi connectivity index (χ3v) is 5.22. The molecule has 0 spiro atoms. The van der Waals surface area contributed by atoms with E-state index in [1.165, 1.54) is 27.8 Å². The van der Waals surface area contributed by atoms with E-state index in [9.17, 15) is 0 Å². The summed E-state index contributed by atoms with van der Waals surface area (Å²) in [6, 6.07) is 30.6. The van der Waals surface area contributed by atoms with Crippen LogP contribution in [-0.2, 0) is 5.41 Å². The van der Waals surface area contributed by atoms with Crippen LogP contribution in [0.1, 0.15) is 28.7 Å². The lowest BCUT2D eigenvalue weighted by atomic mass is 9.63. The highest BCUT2D eigenvalue weighted by Crippen LogP contribution is 2.48. The van der Waals surface area contributed by atoms with Crippen molar-refractivity contribution >= 4 is 0 Å². The van der Waals surface area contributed by atoms with E-state index in [-0.39, 0.29) is 5.41 Å². The molecule has 0 aliphatic heterocycles. The van der Waals surface area contributed by atoms with Crippen molar-refractivity contribution in [3.8, 4) is 0 Å². The summed E-state index contributed by atoms with van der Waals surface area (Å²) in [4.78, 5) is 0. The third-order valence-electron chi connectivity index (χ3n) is 5.22. The van der Waals surface area contributed by atoms with Crippen molar-refractivity contribution in [3.63, 3.8) is 0 Å². The van der Waals surface area contributed by atoms with Gasteiger partial charge in [0.2, 0.25) is 0 Å². The maximum atomic E-state index is 2.30. The molecule has 0 fully saturated rings. The summed E-state index contributed by atoms with van der Waals surface area (Å²) in [5.74, 6) is 0. The molecule has 0 saturated carbocycles. The van der Waals surface area contributed by atoms with Gasteiger partial charge in [0, 0.05) is 0 Å². The molecule has 1 aliphatic rings. The molecule has 0 aromatic heterocycles. The Morgan fingerprint density at radius 2 is 1.24 bits per heavy atom. The summed E-state index contributed by atoms with van der Waals surface area (Å²) < 4.78 is 0. The maximum absolute atomic E-state index is 2.30. The van der Waals surface area contributed by atoms with Crippen LogP contribution in [0.15, 0.2) is 109 Å². The van der Waals surface area contributed by atoms with E-state index >= 15 is 0 Å². The smallest absolute Gasteiger partial charge is 0.0670 e. The fourth-order valence-corrected chi connectivity index (χ4v) is 4.12. The van der Waals surface area contributed by atoms with Gasteiger partial charge in [-0.1, -0.05) is 103 Å². The summed E-state index contributed by atoms with van der Waals surface area (Å²) in [6.45, 7) is 2.22. The predicted molar refractivity (Wildman–Crippen MR) is 106 cm³/mol.